The molecule has 1 aromatic heterocycles. The van der Waals surface area contributed by atoms with Gasteiger partial charge in [-0.25, -0.2) is 4.98 Å². The summed E-state index contributed by atoms with van der Waals surface area (Å²) in [6, 6.07) is 0. The van der Waals surface area contributed by atoms with E-state index in [0.717, 1.165) is 31.8 Å². The molecule has 3 fully saturated rings. The molecule has 0 radical (unpaired) electrons. The van der Waals surface area contributed by atoms with E-state index in [-0.39, 0.29) is 5.91 Å². The van der Waals surface area contributed by atoms with Gasteiger partial charge < -0.3 is 4.90 Å². The van der Waals surface area contributed by atoms with Gasteiger partial charge in [0.05, 0.1) is 0 Å². The number of nitrogens with zero attached hydrogens (tertiary/aromatic N) is 4. The third-order valence-electron chi connectivity index (χ3n) is 5.29. The van der Waals surface area contributed by atoms with Gasteiger partial charge in [0.15, 0.2) is 0 Å². The van der Waals surface area contributed by atoms with Crippen molar-refractivity contribution in [1.82, 2.24) is 25.0 Å². The average Bonchev–Trinajstić information content (AvgIpc) is 3.14. The van der Waals surface area contributed by atoms with Crippen LogP contribution >= 0.6 is 0 Å². The highest BCUT2D eigenvalue weighted by Crippen LogP contribution is 2.43. The van der Waals surface area contributed by atoms with Crippen LogP contribution in [-0.2, 0) is 0 Å². The smallest absolute Gasteiger partial charge is 0.291 e. The molecule has 6 heteroatoms. The molecule has 3 heterocycles. The number of H-pyrrole nitrogens is 1. The number of carbonyl (C=O) groups excluding carboxylic acids is 1. The van der Waals surface area contributed by atoms with Gasteiger partial charge in [-0.1, -0.05) is 0 Å². The summed E-state index contributed by atoms with van der Waals surface area (Å²) in [7, 11) is 0. The molecule has 0 aromatic carbocycles. The molecule has 3 aliphatic rings. The van der Waals surface area contributed by atoms with Gasteiger partial charge in [-0.05, 0) is 38.0 Å². The zero-order valence-electron chi connectivity index (χ0n) is 11.7. The number of rotatable bonds is 3. The van der Waals surface area contributed by atoms with Crippen LogP contribution in [0, 0.1) is 5.92 Å². The molecule has 4 rings (SSSR count). The Hall–Kier alpha value is -1.43. The maximum Gasteiger partial charge on any atom is 0.291 e. The summed E-state index contributed by atoms with van der Waals surface area (Å²) in [6.07, 6.45) is 7.76. The number of aromatic amines is 1. The van der Waals surface area contributed by atoms with E-state index in [1.54, 1.807) is 0 Å². The number of aromatic nitrogens is 3. The second-order valence-corrected chi connectivity index (χ2v) is 6.49. The van der Waals surface area contributed by atoms with E-state index in [4.69, 9.17) is 0 Å². The number of amides is 1. The maximum atomic E-state index is 12.2. The highest BCUT2D eigenvalue weighted by atomic mass is 16.2. The number of hydrogen-bond donors (Lipinski definition) is 1. The summed E-state index contributed by atoms with van der Waals surface area (Å²) < 4.78 is 0. The maximum absolute atomic E-state index is 12.2. The van der Waals surface area contributed by atoms with Gasteiger partial charge in [0, 0.05) is 31.7 Å². The fourth-order valence-corrected chi connectivity index (χ4v) is 3.63. The molecule has 108 valence electrons. The lowest BCUT2D eigenvalue weighted by Gasteiger charge is -2.56. The van der Waals surface area contributed by atoms with Gasteiger partial charge in [-0.2, -0.15) is 5.10 Å². The largest absolute Gasteiger partial charge is 0.336 e. The van der Waals surface area contributed by atoms with Crippen molar-refractivity contribution in [3.05, 3.63) is 12.2 Å². The van der Waals surface area contributed by atoms with E-state index >= 15 is 0 Å². The molecule has 0 unspecified atom stereocenters. The molecule has 6 nitrogen and oxygen atoms in total. The van der Waals surface area contributed by atoms with E-state index in [0.29, 0.717) is 11.4 Å². The van der Waals surface area contributed by atoms with Crippen LogP contribution in [0.3, 0.4) is 0 Å². The number of likely N-dealkylation sites (tertiary alicyclic amines) is 2. The van der Waals surface area contributed by atoms with Crippen molar-refractivity contribution in [2.75, 3.05) is 26.2 Å². The minimum atomic E-state index is -0.00887. The first kappa shape index (κ1) is 12.3. The van der Waals surface area contributed by atoms with Gasteiger partial charge in [0.2, 0.25) is 5.82 Å². The highest BCUT2D eigenvalue weighted by molar-refractivity contribution is 5.90. The average molecular weight is 275 g/mol. The fourth-order valence-electron chi connectivity index (χ4n) is 3.63. The molecule has 1 aliphatic carbocycles. The number of carbonyl (C=O) groups is 1. The lowest BCUT2D eigenvalue weighted by molar-refractivity contribution is -0.0567. The lowest BCUT2D eigenvalue weighted by Crippen LogP contribution is -2.64. The quantitative estimate of drug-likeness (QED) is 0.890. The Morgan fingerprint density at radius 2 is 2.05 bits per heavy atom. The monoisotopic (exact) mass is 275 g/mol. The zero-order valence-corrected chi connectivity index (χ0v) is 11.7. The second-order valence-electron chi connectivity index (χ2n) is 6.49. The first-order valence-electron chi connectivity index (χ1n) is 7.67. The molecule has 2 aliphatic heterocycles. The Labute approximate surface area is 118 Å². The van der Waals surface area contributed by atoms with Crippen LogP contribution in [0.4, 0.5) is 0 Å². The van der Waals surface area contributed by atoms with Crippen molar-refractivity contribution in [2.45, 2.75) is 37.6 Å². The molecular weight excluding hydrogens is 254 g/mol. The second kappa shape index (κ2) is 4.55. The molecule has 1 amide bonds. The van der Waals surface area contributed by atoms with Crippen LogP contribution < -0.4 is 0 Å². The standard InChI is InChI=1S/C14H21N5O/c20-13(12-15-10-16-17-12)18-6-3-14(4-7-18)5-8-19(14)9-11-1-2-11/h10-11H,1-9H2,(H,15,16,17). The van der Waals surface area contributed by atoms with Crippen molar-refractivity contribution in [2.24, 2.45) is 5.92 Å². The minimum Gasteiger partial charge on any atom is -0.336 e. The summed E-state index contributed by atoms with van der Waals surface area (Å²) in [6.45, 7) is 4.24. The molecular formula is C14H21N5O. The molecule has 1 saturated carbocycles. The topological polar surface area (TPSA) is 65.1 Å². The van der Waals surface area contributed by atoms with Crippen molar-refractivity contribution in [3.8, 4) is 0 Å². The van der Waals surface area contributed by atoms with Crippen LogP contribution in [0.2, 0.25) is 0 Å². The Balaban J connectivity index is 1.36. The summed E-state index contributed by atoms with van der Waals surface area (Å²) >= 11 is 0. The number of piperidine rings is 1. The minimum absolute atomic E-state index is 0.00887. The van der Waals surface area contributed by atoms with Crippen molar-refractivity contribution in [1.29, 1.82) is 0 Å². The van der Waals surface area contributed by atoms with Gasteiger partial charge in [-0.15, -0.1) is 0 Å². The van der Waals surface area contributed by atoms with Gasteiger partial charge >= 0.3 is 0 Å². The molecule has 2 saturated heterocycles. The predicted octanol–water partition coefficient (Wildman–Crippen LogP) is 0.895. The van der Waals surface area contributed by atoms with Gasteiger partial charge in [0.1, 0.15) is 6.33 Å². The number of nitrogens with one attached hydrogen (secondary N) is 1. The van der Waals surface area contributed by atoms with Crippen molar-refractivity contribution >= 4 is 5.91 Å². The van der Waals surface area contributed by atoms with E-state index < -0.39 is 0 Å². The summed E-state index contributed by atoms with van der Waals surface area (Å²) in [5.41, 5.74) is 0.404. The Morgan fingerprint density at radius 1 is 1.30 bits per heavy atom. The SMILES string of the molecule is O=C(c1ncn[nH]1)N1CCC2(CC1)CCN2CC1CC1. The molecule has 20 heavy (non-hydrogen) atoms. The van der Waals surface area contributed by atoms with E-state index in [1.807, 2.05) is 4.90 Å². The molecule has 0 atom stereocenters. The lowest BCUT2D eigenvalue weighted by atomic mass is 9.76. The fraction of sp³-hybridized carbons (Fsp3) is 0.786. The Bertz CT molecular complexity index is 488. The highest BCUT2D eigenvalue weighted by Gasteiger charge is 2.48. The van der Waals surface area contributed by atoms with Crippen LogP contribution in [0.15, 0.2) is 6.33 Å². The normalized spacial score (nSPS) is 25.7. The van der Waals surface area contributed by atoms with Crippen molar-refractivity contribution < 1.29 is 4.79 Å². The Kier molecular flexibility index (Phi) is 2.80. The molecule has 1 N–H and O–H groups in total. The zero-order chi connectivity index (χ0) is 13.6. The van der Waals surface area contributed by atoms with Crippen LogP contribution in [0.5, 0.6) is 0 Å². The van der Waals surface area contributed by atoms with Gasteiger partial charge in [0.25, 0.3) is 5.91 Å². The third kappa shape index (κ3) is 2.02. The molecule has 1 spiro atoms. The summed E-state index contributed by atoms with van der Waals surface area (Å²) in [5, 5.41) is 6.42. The third-order valence-corrected chi connectivity index (χ3v) is 5.29. The molecule has 0 bridgehead atoms. The Morgan fingerprint density at radius 3 is 2.60 bits per heavy atom. The summed E-state index contributed by atoms with van der Waals surface area (Å²) in [5.74, 6) is 1.32. The van der Waals surface area contributed by atoms with Crippen LogP contribution in [0.1, 0.15) is 42.7 Å². The first-order chi connectivity index (χ1) is 9.77. The summed E-state index contributed by atoms with van der Waals surface area (Å²) in [4.78, 5) is 20.8. The van der Waals surface area contributed by atoms with Crippen LogP contribution in [0.25, 0.3) is 0 Å². The number of hydrogen-bond acceptors (Lipinski definition) is 4. The predicted molar refractivity (Wildman–Crippen MR) is 73.2 cm³/mol. The van der Waals surface area contributed by atoms with Crippen molar-refractivity contribution in [3.63, 3.8) is 0 Å². The van der Waals surface area contributed by atoms with Crippen LogP contribution in [-0.4, -0.2) is 62.6 Å². The van der Waals surface area contributed by atoms with E-state index in [1.165, 1.54) is 38.7 Å². The van der Waals surface area contributed by atoms with Gasteiger partial charge in [-0.3, -0.25) is 14.8 Å². The first-order valence-corrected chi connectivity index (χ1v) is 7.67. The van der Waals surface area contributed by atoms with E-state index in [9.17, 15) is 4.79 Å². The molecule has 1 aromatic rings. The van der Waals surface area contributed by atoms with E-state index in [2.05, 4.69) is 20.1 Å².